The number of nitrogens with zero attached hydrogens (tertiary/aromatic N) is 2. The van der Waals surface area contributed by atoms with Crippen molar-refractivity contribution in [1.82, 2.24) is 15.3 Å². The highest BCUT2D eigenvalue weighted by Gasteiger charge is 2.21. The number of guanidine groups is 1. The van der Waals surface area contributed by atoms with E-state index in [2.05, 4.69) is 20.3 Å². The zero-order valence-corrected chi connectivity index (χ0v) is 17.2. The number of hydrogen-bond acceptors (Lipinski definition) is 5. The van der Waals surface area contributed by atoms with E-state index in [0.717, 1.165) is 16.0 Å². The first-order valence-corrected chi connectivity index (χ1v) is 9.94. The van der Waals surface area contributed by atoms with Crippen molar-refractivity contribution in [2.45, 2.75) is 19.6 Å². The minimum absolute atomic E-state index is 0.0789. The molecule has 3 aromatic rings. The van der Waals surface area contributed by atoms with E-state index < -0.39 is 6.04 Å². The maximum atomic E-state index is 12.8. The van der Waals surface area contributed by atoms with Gasteiger partial charge < -0.3 is 26.9 Å². The zero-order valence-electron chi connectivity index (χ0n) is 15.6. The minimum atomic E-state index is -0.532. The smallest absolute Gasteiger partial charge is 0.268 e. The molecule has 0 fully saturated rings. The van der Waals surface area contributed by atoms with Crippen LogP contribution in [-0.2, 0) is 6.61 Å². The molecule has 152 valence electrons. The molecule has 7 N–H and O–H groups in total. The highest BCUT2D eigenvalue weighted by Crippen LogP contribution is 2.25. The maximum Gasteiger partial charge on any atom is 0.268 e. The molecule has 1 unspecified atom stereocenters. The number of aryl methyl sites for hydroxylation is 1. The van der Waals surface area contributed by atoms with Crippen LogP contribution in [-0.4, -0.2) is 33.5 Å². The van der Waals surface area contributed by atoms with Gasteiger partial charge in [-0.25, -0.2) is 4.98 Å². The number of aromatic amines is 1. The van der Waals surface area contributed by atoms with Gasteiger partial charge in [-0.1, -0.05) is 23.7 Å². The summed E-state index contributed by atoms with van der Waals surface area (Å²) in [4.78, 5) is 24.9. The van der Waals surface area contributed by atoms with E-state index in [1.807, 2.05) is 12.1 Å². The SMILES string of the molecule is Cc1nc(C(CN=C(N)N)NC(=O)c2cc(-c3ccc(Cl)cc3)c[nH]2)sc1CO. The Bertz CT molecular complexity index is 1020. The van der Waals surface area contributed by atoms with Crippen molar-refractivity contribution in [2.75, 3.05) is 6.54 Å². The average Bonchev–Trinajstić information content (AvgIpc) is 3.32. The third-order valence-electron chi connectivity index (χ3n) is 4.22. The molecule has 1 atom stereocenters. The fraction of sp³-hybridized carbons (Fsp3) is 0.211. The summed E-state index contributed by atoms with van der Waals surface area (Å²) in [5.74, 6) is -0.399. The summed E-state index contributed by atoms with van der Waals surface area (Å²) in [6, 6.07) is 8.56. The van der Waals surface area contributed by atoms with E-state index in [1.165, 1.54) is 11.3 Å². The lowest BCUT2D eigenvalue weighted by Crippen LogP contribution is -2.32. The third kappa shape index (κ3) is 5.14. The van der Waals surface area contributed by atoms with Crippen LogP contribution < -0.4 is 16.8 Å². The molecule has 1 aromatic carbocycles. The van der Waals surface area contributed by atoms with E-state index >= 15 is 0 Å². The number of carbonyl (C=O) groups excluding carboxylic acids is 1. The fourth-order valence-corrected chi connectivity index (χ4v) is 3.79. The molecule has 0 aliphatic heterocycles. The van der Waals surface area contributed by atoms with Crippen LogP contribution in [0.25, 0.3) is 11.1 Å². The second-order valence-corrected chi connectivity index (χ2v) is 7.87. The van der Waals surface area contributed by atoms with Crippen molar-refractivity contribution in [3.8, 4) is 11.1 Å². The van der Waals surface area contributed by atoms with Crippen LogP contribution in [0.15, 0.2) is 41.5 Å². The van der Waals surface area contributed by atoms with Gasteiger partial charge in [0, 0.05) is 11.2 Å². The first-order valence-electron chi connectivity index (χ1n) is 8.75. The molecule has 3 rings (SSSR count). The number of aliphatic hydroxyl groups is 1. The van der Waals surface area contributed by atoms with Gasteiger partial charge in [-0.05, 0) is 36.2 Å². The summed E-state index contributed by atoms with van der Waals surface area (Å²) in [7, 11) is 0. The van der Waals surface area contributed by atoms with Gasteiger partial charge in [0.2, 0.25) is 0 Å². The first kappa shape index (κ1) is 20.8. The van der Waals surface area contributed by atoms with Crippen LogP contribution >= 0.6 is 22.9 Å². The molecular formula is C19H21ClN6O2S. The Hall–Kier alpha value is -2.88. The number of nitrogens with one attached hydrogen (secondary N) is 2. The normalized spacial score (nSPS) is 11.8. The Morgan fingerprint density at radius 3 is 2.69 bits per heavy atom. The average molecular weight is 433 g/mol. The van der Waals surface area contributed by atoms with Gasteiger partial charge in [0.05, 0.1) is 23.7 Å². The summed E-state index contributed by atoms with van der Waals surface area (Å²) >= 11 is 7.23. The fourth-order valence-electron chi connectivity index (χ4n) is 2.70. The minimum Gasteiger partial charge on any atom is -0.391 e. The Morgan fingerprint density at radius 2 is 2.07 bits per heavy atom. The van der Waals surface area contributed by atoms with Gasteiger partial charge in [0.1, 0.15) is 16.7 Å². The Kier molecular flexibility index (Phi) is 6.53. The number of rotatable bonds is 7. The van der Waals surface area contributed by atoms with Crippen LogP contribution in [0.4, 0.5) is 0 Å². The number of nitrogens with two attached hydrogens (primary N) is 2. The molecule has 0 aliphatic rings. The van der Waals surface area contributed by atoms with Crippen LogP contribution in [0.2, 0.25) is 5.02 Å². The number of aliphatic imine (C=N–C) groups is 1. The second-order valence-electron chi connectivity index (χ2n) is 6.32. The highest BCUT2D eigenvalue weighted by molar-refractivity contribution is 7.11. The predicted octanol–water partition coefficient (Wildman–Crippen LogP) is 2.34. The Morgan fingerprint density at radius 1 is 1.34 bits per heavy atom. The van der Waals surface area contributed by atoms with Crippen LogP contribution in [0.5, 0.6) is 0 Å². The number of halogens is 1. The van der Waals surface area contributed by atoms with Crippen molar-refractivity contribution in [3.05, 3.63) is 62.8 Å². The number of aromatic nitrogens is 2. The van der Waals surface area contributed by atoms with Crippen molar-refractivity contribution >= 4 is 34.8 Å². The van der Waals surface area contributed by atoms with Gasteiger partial charge in [0.25, 0.3) is 5.91 Å². The summed E-state index contributed by atoms with van der Waals surface area (Å²) in [6.45, 7) is 1.82. The lowest BCUT2D eigenvalue weighted by atomic mass is 10.1. The summed E-state index contributed by atoms with van der Waals surface area (Å²) in [6.07, 6.45) is 1.75. The third-order valence-corrected chi connectivity index (χ3v) is 5.73. The molecule has 2 heterocycles. The molecule has 0 bridgehead atoms. The van der Waals surface area contributed by atoms with E-state index in [9.17, 15) is 9.90 Å². The predicted molar refractivity (Wildman–Crippen MR) is 115 cm³/mol. The second kappa shape index (κ2) is 9.08. The molecule has 0 saturated heterocycles. The lowest BCUT2D eigenvalue weighted by molar-refractivity contribution is 0.0933. The molecule has 0 saturated carbocycles. The van der Waals surface area contributed by atoms with Gasteiger partial charge in [-0.15, -0.1) is 11.3 Å². The van der Waals surface area contributed by atoms with Crippen LogP contribution in [0.3, 0.4) is 0 Å². The Balaban J connectivity index is 1.80. The molecule has 0 spiro atoms. The van der Waals surface area contributed by atoms with E-state index in [1.54, 1.807) is 31.3 Å². The lowest BCUT2D eigenvalue weighted by Gasteiger charge is -2.14. The zero-order chi connectivity index (χ0) is 21.0. The Labute approximate surface area is 176 Å². The number of aliphatic hydroxyl groups excluding tert-OH is 1. The quantitative estimate of drug-likeness (QED) is 0.287. The van der Waals surface area contributed by atoms with Crippen molar-refractivity contribution in [1.29, 1.82) is 0 Å². The van der Waals surface area contributed by atoms with Gasteiger partial charge in [-0.2, -0.15) is 0 Å². The topological polar surface area (TPSA) is 142 Å². The maximum absolute atomic E-state index is 12.8. The van der Waals surface area contributed by atoms with Crippen molar-refractivity contribution in [2.24, 2.45) is 16.5 Å². The first-order chi connectivity index (χ1) is 13.9. The monoisotopic (exact) mass is 432 g/mol. The standard InChI is InChI=1S/C19H21ClN6O2S/c1-10-16(9-27)29-18(25-10)15(8-24-19(21)22)26-17(28)14-6-12(7-23-14)11-2-4-13(20)5-3-11/h2-7,15,23,27H,8-9H2,1H3,(H,26,28)(H4,21,22,24). The molecule has 0 radical (unpaired) electrons. The molecule has 10 heteroatoms. The summed E-state index contributed by atoms with van der Waals surface area (Å²) < 4.78 is 0. The number of carbonyl (C=O) groups is 1. The molecule has 1 amide bonds. The molecular weight excluding hydrogens is 412 g/mol. The number of amides is 1. The largest absolute Gasteiger partial charge is 0.391 e. The van der Waals surface area contributed by atoms with E-state index in [-0.39, 0.29) is 25.0 Å². The molecule has 8 nitrogen and oxygen atoms in total. The van der Waals surface area contributed by atoms with Crippen LogP contribution in [0.1, 0.15) is 32.1 Å². The van der Waals surface area contributed by atoms with Gasteiger partial charge >= 0.3 is 0 Å². The van der Waals surface area contributed by atoms with Gasteiger partial charge in [-0.3, -0.25) is 9.79 Å². The molecule has 0 aliphatic carbocycles. The van der Waals surface area contributed by atoms with Crippen molar-refractivity contribution < 1.29 is 9.90 Å². The summed E-state index contributed by atoms with van der Waals surface area (Å²) in [5.41, 5.74) is 13.8. The number of H-pyrrole nitrogens is 1. The number of benzene rings is 1. The molecule has 29 heavy (non-hydrogen) atoms. The number of thiazole rings is 1. The van der Waals surface area contributed by atoms with Gasteiger partial charge in [0.15, 0.2) is 5.96 Å². The number of hydrogen-bond donors (Lipinski definition) is 5. The van der Waals surface area contributed by atoms with Crippen LogP contribution in [0, 0.1) is 6.92 Å². The van der Waals surface area contributed by atoms with Crippen molar-refractivity contribution in [3.63, 3.8) is 0 Å². The molecule has 2 aromatic heterocycles. The van der Waals surface area contributed by atoms with E-state index in [4.69, 9.17) is 23.1 Å². The highest BCUT2D eigenvalue weighted by atomic mass is 35.5. The van der Waals surface area contributed by atoms with E-state index in [0.29, 0.717) is 21.4 Å². The summed E-state index contributed by atoms with van der Waals surface area (Å²) in [5, 5.41) is 13.6.